The van der Waals surface area contributed by atoms with E-state index in [0.717, 1.165) is 51.1 Å². The predicted molar refractivity (Wildman–Crippen MR) is 98.6 cm³/mol. The van der Waals surface area contributed by atoms with E-state index in [0.29, 0.717) is 12.5 Å². The Kier molecular flexibility index (Phi) is 5.06. The van der Waals surface area contributed by atoms with Crippen LogP contribution in [0.3, 0.4) is 0 Å². The lowest BCUT2D eigenvalue weighted by Gasteiger charge is -2.23. The molecule has 1 aliphatic heterocycles. The van der Waals surface area contributed by atoms with Crippen LogP contribution in [-0.2, 0) is 29.7 Å². The van der Waals surface area contributed by atoms with E-state index in [9.17, 15) is 8.42 Å². The number of aromatic nitrogens is 3. The van der Waals surface area contributed by atoms with Crippen molar-refractivity contribution in [1.29, 1.82) is 0 Å². The summed E-state index contributed by atoms with van der Waals surface area (Å²) in [5.41, 5.74) is 2.25. The monoisotopic (exact) mass is 375 g/mol. The summed E-state index contributed by atoms with van der Waals surface area (Å²) in [6.07, 6.45) is 6.07. The highest BCUT2D eigenvalue weighted by Gasteiger charge is 2.35. The van der Waals surface area contributed by atoms with E-state index in [4.69, 9.17) is 0 Å². The fraction of sp³-hybridized carbons (Fsp3) is 0.556. The molecule has 0 amide bonds. The van der Waals surface area contributed by atoms with Crippen molar-refractivity contribution < 1.29 is 8.42 Å². The zero-order chi connectivity index (χ0) is 18.0. The van der Waals surface area contributed by atoms with Gasteiger partial charge in [0.05, 0.1) is 16.6 Å². The number of sulfonamides is 1. The SMILES string of the molecule is O=S(=O)(NCC[C@H]1CN(Cc2ccccn2)Cc2ccnn2C1)C1CC1. The van der Waals surface area contributed by atoms with Crippen LogP contribution in [0.25, 0.3) is 0 Å². The number of hydrogen-bond donors (Lipinski definition) is 1. The first-order valence-electron chi connectivity index (χ1n) is 9.21. The summed E-state index contributed by atoms with van der Waals surface area (Å²) in [5, 5.41) is 4.28. The molecule has 1 N–H and O–H groups in total. The fourth-order valence-corrected chi connectivity index (χ4v) is 4.94. The highest BCUT2D eigenvalue weighted by Crippen LogP contribution is 2.27. The molecular formula is C18H25N5O2S. The van der Waals surface area contributed by atoms with Crippen LogP contribution in [-0.4, -0.2) is 46.4 Å². The lowest BCUT2D eigenvalue weighted by molar-refractivity contribution is 0.213. The van der Waals surface area contributed by atoms with Crippen LogP contribution in [0.4, 0.5) is 0 Å². The van der Waals surface area contributed by atoms with Crippen LogP contribution in [0, 0.1) is 5.92 Å². The van der Waals surface area contributed by atoms with E-state index in [1.165, 1.54) is 5.69 Å². The van der Waals surface area contributed by atoms with E-state index in [-0.39, 0.29) is 5.25 Å². The van der Waals surface area contributed by atoms with Crippen molar-refractivity contribution in [1.82, 2.24) is 24.4 Å². The Morgan fingerprint density at radius 2 is 2.04 bits per heavy atom. The van der Waals surface area contributed by atoms with Gasteiger partial charge < -0.3 is 0 Å². The number of fused-ring (bicyclic) bond motifs is 1. The van der Waals surface area contributed by atoms with E-state index in [1.807, 2.05) is 30.6 Å². The van der Waals surface area contributed by atoms with Crippen LogP contribution in [0.1, 0.15) is 30.7 Å². The Hall–Kier alpha value is -1.77. The van der Waals surface area contributed by atoms with Gasteiger partial charge in [-0.15, -0.1) is 0 Å². The van der Waals surface area contributed by atoms with Gasteiger partial charge in [-0.3, -0.25) is 14.6 Å². The number of nitrogens with one attached hydrogen (secondary N) is 1. The standard InChI is InChI=1S/C18H25N5O2S/c24-26(25,18-4-5-18)21-10-6-15-11-22(13-16-3-1-2-8-19-16)14-17-7-9-20-23(17)12-15/h1-3,7-9,15,18,21H,4-6,10-14H2/t15-/m0/s1. The van der Waals surface area contributed by atoms with Gasteiger partial charge in [0.2, 0.25) is 10.0 Å². The molecule has 7 nitrogen and oxygen atoms in total. The molecule has 2 aliphatic rings. The van der Waals surface area contributed by atoms with Gasteiger partial charge in [0.1, 0.15) is 0 Å². The molecule has 4 rings (SSSR count). The van der Waals surface area contributed by atoms with Gasteiger partial charge in [-0.25, -0.2) is 13.1 Å². The largest absolute Gasteiger partial charge is 0.291 e. The number of nitrogens with zero attached hydrogens (tertiary/aromatic N) is 4. The molecule has 0 spiro atoms. The Bertz CT molecular complexity index is 832. The van der Waals surface area contributed by atoms with Crippen molar-refractivity contribution in [3.8, 4) is 0 Å². The molecule has 2 aromatic heterocycles. The minimum absolute atomic E-state index is 0.157. The third-order valence-electron chi connectivity index (χ3n) is 5.07. The van der Waals surface area contributed by atoms with Crippen molar-refractivity contribution >= 4 is 10.0 Å². The van der Waals surface area contributed by atoms with Crippen molar-refractivity contribution in [2.24, 2.45) is 5.92 Å². The summed E-state index contributed by atoms with van der Waals surface area (Å²) in [5.74, 6) is 0.349. The number of rotatable bonds is 7. The fourth-order valence-electron chi connectivity index (χ4n) is 3.55. The molecule has 1 atom stereocenters. The Morgan fingerprint density at radius 3 is 2.81 bits per heavy atom. The molecule has 0 saturated heterocycles. The van der Waals surface area contributed by atoms with E-state index in [2.05, 4.69) is 30.5 Å². The molecule has 26 heavy (non-hydrogen) atoms. The van der Waals surface area contributed by atoms with Crippen molar-refractivity contribution in [2.75, 3.05) is 13.1 Å². The lowest BCUT2D eigenvalue weighted by atomic mass is 10.1. The highest BCUT2D eigenvalue weighted by molar-refractivity contribution is 7.90. The minimum Gasteiger partial charge on any atom is -0.291 e. The molecule has 0 radical (unpaired) electrons. The molecule has 8 heteroatoms. The Morgan fingerprint density at radius 1 is 1.15 bits per heavy atom. The van der Waals surface area contributed by atoms with Gasteiger partial charge in [-0.1, -0.05) is 6.07 Å². The van der Waals surface area contributed by atoms with Crippen LogP contribution in [0.2, 0.25) is 0 Å². The maximum absolute atomic E-state index is 12.0. The first-order valence-corrected chi connectivity index (χ1v) is 10.8. The summed E-state index contributed by atoms with van der Waals surface area (Å²) in [6.45, 7) is 3.85. The topological polar surface area (TPSA) is 80.1 Å². The summed E-state index contributed by atoms with van der Waals surface area (Å²) < 4.78 is 28.9. The Labute approximate surface area is 154 Å². The summed E-state index contributed by atoms with van der Waals surface area (Å²) in [7, 11) is -3.10. The van der Waals surface area contributed by atoms with Crippen molar-refractivity contribution in [3.05, 3.63) is 48.0 Å². The quantitative estimate of drug-likeness (QED) is 0.791. The first-order chi connectivity index (χ1) is 12.6. The van der Waals surface area contributed by atoms with Crippen LogP contribution >= 0.6 is 0 Å². The maximum atomic E-state index is 12.0. The van der Waals surface area contributed by atoms with Gasteiger partial charge >= 0.3 is 0 Å². The number of pyridine rings is 1. The summed E-state index contributed by atoms with van der Waals surface area (Å²) in [6, 6.07) is 8.04. The second kappa shape index (κ2) is 7.46. The van der Waals surface area contributed by atoms with Gasteiger partial charge in [0.15, 0.2) is 0 Å². The predicted octanol–water partition coefficient (Wildman–Crippen LogP) is 1.38. The zero-order valence-electron chi connectivity index (χ0n) is 14.8. The van der Waals surface area contributed by atoms with Gasteiger partial charge in [0, 0.05) is 45.1 Å². The summed E-state index contributed by atoms with van der Waals surface area (Å²) in [4.78, 5) is 6.82. The third kappa shape index (κ3) is 4.31. The molecule has 1 fully saturated rings. The second-order valence-electron chi connectivity index (χ2n) is 7.29. The molecular weight excluding hydrogens is 350 g/mol. The smallest absolute Gasteiger partial charge is 0.214 e. The molecule has 140 valence electrons. The second-order valence-corrected chi connectivity index (χ2v) is 9.33. The van der Waals surface area contributed by atoms with Crippen molar-refractivity contribution in [3.63, 3.8) is 0 Å². The van der Waals surface area contributed by atoms with Gasteiger partial charge in [-0.05, 0) is 43.4 Å². The average molecular weight is 375 g/mol. The highest BCUT2D eigenvalue weighted by atomic mass is 32.2. The maximum Gasteiger partial charge on any atom is 0.214 e. The molecule has 1 saturated carbocycles. The van der Waals surface area contributed by atoms with Crippen molar-refractivity contribution in [2.45, 2.75) is 44.1 Å². The first kappa shape index (κ1) is 17.6. The zero-order valence-corrected chi connectivity index (χ0v) is 15.6. The summed E-state index contributed by atoms with van der Waals surface area (Å²) >= 11 is 0. The van der Waals surface area contributed by atoms with Gasteiger partial charge in [-0.2, -0.15) is 5.10 Å². The van der Waals surface area contributed by atoms with E-state index < -0.39 is 10.0 Å². The van der Waals surface area contributed by atoms with E-state index in [1.54, 1.807) is 0 Å². The van der Waals surface area contributed by atoms with E-state index >= 15 is 0 Å². The van der Waals surface area contributed by atoms with Crippen LogP contribution in [0.5, 0.6) is 0 Å². The molecule has 1 aliphatic carbocycles. The minimum atomic E-state index is -3.10. The molecule has 2 aromatic rings. The average Bonchev–Trinajstić information content (AvgIpc) is 3.41. The molecule has 3 heterocycles. The molecule has 0 bridgehead atoms. The normalized spacial score (nSPS) is 21.3. The van der Waals surface area contributed by atoms with Crippen LogP contribution < -0.4 is 4.72 Å². The van der Waals surface area contributed by atoms with Gasteiger partial charge in [0.25, 0.3) is 0 Å². The lowest BCUT2D eigenvalue weighted by Crippen LogP contribution is -2.33. The Balaban J connectivity index is 1.40. The molecule has 0 unspecified atom stereocenters. The molecule has 0 aromatic carbocycles. The number of hydrogen-bond acceptors (Lipinski definition) is 5. The third-order valence-corrected chi connectivity index (χ3v) is 7.02. The van der Waals surface area contributed by atoms with Crippen LogP contribution in [0.15, 0.2) is 36.7 Å².